The Balaban J connectivity index is 0.00000208. The van der Waals surface area contributed by atoms with Crippen LogP contribution in [0.4, 0.5) is 5.69 Å². The summed E-state index contributed by atoms with van der Waals surface area (Å²) in [5.74, 6) is 0.415. The minimum absolute atomic E-state index is 0. The van der Waals surface area contributed by atoms with Crippen LogP contribution in [0.2, 0.25) is 0 Å². The van der Waals surface area contributed by atoms with E-state index in [2.05, 4.69) is 16.4 Å². The third kappa shape index (κ3) is 4.84. The van der Waals surface area contributed by atoms with Gasteiger partial charge in [-0.25, -0.2) is 4.99 Å². The molecule has 0 atom stereocenters. The molecule has 6 heteroatoms. The van der Waals surface area contributed by atoms with Crippen molar-refractivity contribution in [2.45, 2.75) is 51.0 Å². The fourth-order valence-electron chi connectivity index (χ4n) is 3.51. The minimum atomic E-state index is 0. The number of nitrogens with one attached hydrogen (secondary N) is 1. The van der Waals surface area contributed by atoms with Gasteiger partial charge >= 0.3 is 0 Å². The molecular formula is C18H27IN4O. The Kier molecular flexibility index (Phi) is 7.33. The Labute approximate surface area is 161 Å². The summed E-state index contributed by atoms with van der Waals surface area (Å²) in [4.78, 5) is 18.5. The summed E-state index contributed by atoms with van der Waals surface area (Å²) in [5, 5.41) is 3.28. The van der Waals surface area contributed by atoms with Crippen LogP contribution in [0.25, 0.3) is 0 Å². The molecule has 5 nitrogen and oxygen atoms in total. The lowest BCUT2D eigenvalue weighted by molar-refractivity contribution is -0.117. The number of carbonyl (C=O) groups is 1. The SMILES string of the molecule is I.NC(=NCC(=O)N1CCc2ccccc21)NC1CCCCCC1. The maximum Gasteiger partial charge on any atom is 0.248 e. The molecule has 1 fully saturated rings. The van der Waals surface area contributed by atoms with E-state index >= 15 is 0 Å². The molecular weight excluding hydrogens is 415 g/mol. The van der Waals surface area contributed by atoms with Crippen LogP contribution < -0.4 is 16.0 Å². The highest BCUT2D eigenvalue weighted by atomic mass is 127. The summed E-state index contributed by atoms with van der Waals surface area (Å²) in [6.07, 6.45) is 8.31. The van der Waals surface area contributed by atoms with Gasteiger partial charge in [0, 0.05) is 18.3 Å². The number of anilines is 1. The van der Waals surface area contributed by atoms with Gasteiger partial charge in [-0.15, -0.1) is 24.0 Å². The van der Waals surface area contributed by atoms with E-state index in [9.17, 15) is 4.79 Å². The zero-order chi connectivity index (χ0) is 16.1. The van der Waals surface area contributed by atoms with E-state index in [1.54, 1.807) is 0 Å². The van der Waals surface area contributed by atoms with Gasteiger partial charge in [-0.1, -0.05) is 43.9 Å². The maximum atomic E-state index is 12.4. The third-order valence-electron chi connectivity index (χ3n) is 4.78. The Morgan fingerprint density at radius 2 is 1.92 bits per heavy atom. The molecule has 1 heterocycles. The van der Waals surface area contributed by atoms with E-state index < -0.39 is 0 Å². The summed E-state index contributed by atoms with van der Waals surface area (Å²) in [7, 11) is 0. The van der Waals surface area contributed by atoms with E-state index in [0.29, 0.717) is 12.0 Å². The van der Waals surface area contributed by atoms with Crippen LogP contribution in [0.15, 0.2) is 29.3 Å². The van der Waals surface area contributed by atoms with Crippen molar-refractivity contribution in [2.75, 3.05) is 18.0 Å². The molecule has 3 rings (SSSR count). The van der Waals surface area contributed by atoms with Crippen molar-refractivity contribution >= 4 is 41.5 Å². The number of rotatable bonds is 3. The van der Waals surface area contributed by atoms with Crippen LogP contribution in [-0.2, 0) is 11.2 Å². The molecule has 1 aromatic rings. The van der Waals surface area contributed by atoms with Gasteiger partial charge in [-0.3, -0.25) is 4.79 Å². The molecule has 1 aliphatic carbocycles. The summed E-state index contributed by atoms with van der Waals surface area (Å²) >= 11 is 0. The van der Waals surface area contributed by atoms with Crippen molar-refractivity contribution < 1.29 is 4.79 Å². The van der Waals surface area contributed by atoms with E-state index in [1.807, 2.05) is 23.1 Å². The predicted octanol–water partition coefficient (Wildman–Crippen LogP) is 2.82. The standard InChI is InChI=1S/C18H26N4O.HI/c19-18(21-15-8-3-1-2-4-9-15)20-13-17(23)22-12-11-14-7-5-6-10-16(14)22;/h5-7,10,15H,1-4,8-9,11-13H2,(H3,19,20,21);1H. The molecule has 3 N–H and O–H groups in total. The average Bonchev–Trinajstić information content (AvgIpc) is 2.83. The highest BCUT2D eigenvalue weighted by Gasteiger charge is 2.23. The second-order valence-corrected chi connectivity index (χ2v) is 6.46. The molecule has 1 saturated carbocycles. The first-order valence-corrected chi connectivity index (χ1v) is 8.69. The number of para-hydroxylation sites is 1. The number of benzene rings is 1. The van der Waals surface area contributed by atoms with Gasteiger partial charge in [0.05, 0.1) is 0 Å². The highest BCUT2D eigenvalue weighted by molar-refractivity contribution is 14.0. The average molecular weight is 442 g/mol. The lowest BCUT2D eigenvalue weighted by atomic mass is 10.1. The van der Waals surface area contributed by atoms with E-state index in [4.69, 9.17) is 5.73 Å². The lowest BCUT2D eigenvalue weighted by Crippen LogP contribution is -2.41. The van der Waals surface area contributed by atoms with Gasteiger partial charge in [-0.05, 0) is 30.9 Å². The molecule has 0 saturated heterocycles. The molecule has 1 aromatic carbocycles. The molecule has 0 spiro atoms. The summed E-state index contributed by atoms with van der Waals surface area (Å²) in [6.45, 7) is 0.851. The van der Waals surface area contributed by atoms with Crippen molar-refractivity contribution in [1.29, 1.82) is 0 Å². The number of amides is 1. The largest absolute Gasteiger partial charge is 0.370 e. The van der Waals surface area contributed by atoms with Crippen molar-refractivity contribution in [3.05, 3.63) is 29.8 Å². The molecule has 0 aromatic heterocycles. The number of nitrogens with two attached hydrogens (primary N) is 1. The van der Waals surface area contributed by atoms with E-state index in [1.165, 1.54) is 31.2 Å². The Hall–Kier alpha value is -1.31. The first-order valence-electron chi connectivity index (χ1n) is 8.69. The fourth-order valence-corrected chi connectivity index (χ4v) is 3.51. The van der Waals surface area contributed by atoms with Crippen molar-refractivity contribution in [3.8, 4) is 0 Å². The van der Waals surface area contributed by atoms with Crippen LogP contribution in [0, 0.1) is 0 Å². The molecule has 0 unspecified atom stereocenters. The van der Waals surface area contributed by atoms with E-state index in [0.717, 1.165) is 31.5 Å². The number of halogens is 1. The molecule has 24 heavy (non-hydrogen) atoms. The number of guanidine groups is 1. The number of hydrogen-bond acceptors (Lipinski definition) is 2. The summed E-state index contributed by atoms with van der Waals surface area (Å²) in [6, 6.07) is 8.46. The van der Waals surface area contributed by atoms with Gasteiger partial charge in [0.15, 0.2) is 5.96 Å². The van der Waals surface area contributed by atoms with Crippen LogP contribution in [0.1, 0.15) is 44.1 Å². The third-order valence-corrected chi connectivity index (χ3v) is 4.78. The van der Waals surface area contributed by atoms with Crippen molar-refractivity contribution in [1.82, 2.24) is 5.32 Å². The van der Waals surface area contributed by atoms with Gasteiger partial charge < -0.3 is 16.0 Å². The number of carbonyl (C=O) groups excluding carboxylic acids is 1. The minimum Gasteiger partial charge on any atom is -0.370 e. The Morgan fingerprint density at radius 3 is 2.67 bits per heavy atom. The molecule has 132 valence electrons. The summed E-state index contributed by atoms with van der Waals surface area (Å²) < 4.78 is 0. The summed E-state index contributed by atoms with van der Waals surface area (Å²) in [5.41, 5.74) is 8.21. The number of nitrogens with zero attached hydrogens (tertiary/aromatic N) is 2. The molecule has 0 radical (unpaired) electrons. The second kappa shape index (κ2) is 9.25. The zero-order valence-electron chi connectivity index (χ0n) is 14.0. The van der Waals surface area contributed by atoms with Crippen molar-refractivity contribution in [3.63, 3.8) is 0 Å². The predicted molar refractivity (Wildman–Crippen MR) is 109 cm³/mol. The maximum absolute atomic E-state index is 12.4. The number of hydrogen-bond donors (Lipinski definition) is 2. The molecule has 2 aliphatic rings. The first kappa shape index (κ1) is 19.0. The smallest absolute Gasteiger partial charge is 0.248 e. The van der Waals surface area contributed by atoms with Crippen LogP contribution in [0.3, 0.4) is 0 Å². The van der Waals surface area contributed by atoms with Crippen LogP contribution >= 0.6 is 24.0 Å². The lowest BCUT2D eigenvalue weighted by Gasteiger charge is -2.18. The molecule has 1 aliphatic heterocycles. The normalized spacial score (nSPS) is 18.5. The molecule has 1 amide bonds. The number of aliphatic imine (C=N–C) groups is 1. The monoisotopic (exact) mass is 442 g/mol. The van der Waals surface area contributed by atoms with Crippen molar-refractivity contribution in [2.24, 2.45) is 10.7 Å². The zero-order valence-corrected chi connectivity index (χ0v) is 16.4. The van der Waals surface area contributed by atoms with Gasteiger partial charge in [0.1, 0.15) is 6.54 Å². The van der Waals surface area contributed by atoms with Gasteiger partial charge in [-0.2, -0.15) is 0 Å². The Morgan fingerprint density at radius 1 is 1.21 bits per heavy atom. The van der Waals surface area contributed by atoms with Gasteiger partial charge in [0.25, 0.3) is 0 Å². The fraction of sp³-hybridized carbons (Fsp3) is 0.556. The topological polar surface area (TPSA) is 70.7 Å². The van der Waals surface area contributed by atoms with Crippen LogP contribution in [0.5, 0.6) is 0 Å². The number of fused-ring (bicyclic) bond motifs is 1. The quantitative estimate of drug-likeness (QED) is 0.328. The Bertz CT molecular complexity index is 582. The highest BCUT2D eigenvalue weighted by Crippen LogP contribution is 2.27. The van der Waals surface area contributed by atoms with Gasteiger partial charge in [0.2, 0.25) is 5.91 Å². The van der Waals surface area contributed by atoms with Crippen LogP contribution in [-0.4, -0.2) is 31.0 Å². The van der Waals surface area contributed by atoms with E-state index in [-0.39, 0.29) is 36.4 Å². The second-order valence-electron chi connectivity index (χ2n) is 6.46. The first-order chi connectivity index (χ1) is 11.2. The molecule has 0 bridgehead atoms.